The summed E-state index contributed by atoms with van der Waals surface area (Å²) >= 11 is 5.56. The Morgan fingerprint density at radius 3 is 2.64 bits per heavy atom. The van der Waals surface area contributed by atoms with Crippen LogP contribution in [0, 0.1) is 6.92 Å². The molecule has 78 valence electrons. The summed E-state index contributed by atoms with van der Waals surface area (Å²) in [6.45, 7) is 1.70. The van der Waals surface area contributed by atoms with Gasteiger partial charge in [-0.2, -0.15) is 0 Å². The van der Waals surface area contributed by atoms with Gasteiger partial charge in [-0.25, -0.2) is 13.8 Å². The van der Waals surface area contributed by atoms with Crippen molar-refractivity contribution in [3.05, 3.63) is 22.9 Å². The number of pyridine rings is 1. The number of ether oxygens (including phenoxy) is 1. The normalized spacial score (nSPS) is 10.7. The molecule has 0 saturated heterocycles. The number of methoxy groups -OCH3 is 1. The van der Waals surface area contributed by atoms with Crippen LogP contribution in [0.3, 0.4) is 0 Å². The van der Waals surface area contributed by atoms with Crippen LogP contribution < -0.4 is 4.74 Å². The van der Waals surface area contributed by atoms with Crippen molar-refractivity contribution in [2.45, 2.75) is 19.2 Å². The number of hydrogen-bond acceptors (Lipinski definition) is 2. The molecule has 0 bridgehead atoms. The number of aromatic nitrogens is 1. The van der Waals surface area contributed by atoms with Gasteiger partial charge in [-0.3, -0.25) is 0 Å². The fourth-order valence-corrected chi connectivity index (χ4v) is 1.50. The van der Waals surface area contributed by atoms with Gasteiger partial charge in [0.2, 0.25) is 5.88 Å². The third-order valence-corrected chi connectivity index (χ3v) is 2.17. The first-order valence-electron chi connectivity index (χ1n) is 3.98. The third-order valence-electron chi connectivity index (χ3n) is 1.91. The van der Waals surface area contributed by atoms with Gasteiger partial charge in [0.1, 0.15) is 5.69 Å². The monoisotopic (exact) mass is 221 g/mol. The van der Waals surface area contributed by atoms with Crippen molar-refractivity contribution < 1.29 is 13.5 Å². The zero-order chi connectivity index (χ0) is 10.7. The van der Waals surface area contributed by atoms with E-state index in [2.05, 4.69) is 4.98 Å². The molecule has 1 aromatic heterocycles. The summed E-state index contributed by atoms with van der Waals surface area (Å²) < 4.78 is 29.9. The molecule has 14 heavy (non-hydrogen) atoms. The number of hydrogen-bond donors (Lipinski definition) is 0. The van der Waals surface area contributed by atoms with Crippen molar-refractivity contribution in [2.24, 2.45) is 0 Å². The van der Waals surface area contributed by atoms with E-state index in [-0.39, 0.29) is 17.5 Å². The molecule has 0 aliphatic heterocycles. The van der Waals surface area contributed by atoms with E-state index in [1.165, 1.54) is 7.11 Å². The van der Waals surface area contributed by atoms with Crippen LogP contribution in [0.5, 0.6) is 5.88 Å². The molecular weight excluding hydrogens is 212 g/mol. The molecule has 0 saturated carbocycles. The van der Waals surface area contributed by atoms with Crippen LogP contribution in [0.1, 0.15) is 23.2 Å². The predicted molar refractivity (Wildman–Crippen MR) is 50.0 cm³/mol. The molecule has 1 heterocycles. The highest BCUT2D eigenvalue weighted by atomic mass is 35.5. The first-order chi connectivity index (χ1) is 6.60. The lowest BCUT2D eigenvalue weighted by atomic mass is 10.1. The van der Waals surface area contributed by atoms with Crippen molar-refractivity contribution in [3.8, 4) is 5.88 Å². The SMILES string of the molecule is COc1cc(C)c(CCl)c(C(F)F)n1. The fraction of sp³-hybridized carbons (Fsp3) is 0.444. The molecule has 0 aliphatic carbocycles. The minimum atomic E-state index is -2.63. The van der Waals surface area contributed by atoms with E-state index in [4.69, 9.17) is 16.3 Å². The molecule has 1 aromatic rings. The van der Waals surface area contributed by atoms with E-state index >= 15 is 0 Å². The average Bonchev–Trinajstić information content (AvgIpc) is 2.16. The quantitative estimate of drug-likeness (QED) is 0.732. The summed E-state index contributed by atoms with van der Waals surface area (Å²) in [6.07, 6.45) is -2.63. The first-order valence-corrected chi connectivity index (χ1v) is 4.52. The molecule has 0 unspecified atom stereocenters. The topological polar surface area (TPSA) is 22.1 Å². The standard InChI is InChI=1S/C9H10ClF2NO/c1-5-3-7(14-2)13-8(9(11)12)6(5)4-10/h3,9H,4H2,1-2H3. The van der Waals surface area contributed by atoms with Gasteiger partial charge in [-0.15, -0.1) is 11.6 Å². The predicted octanol–water partition coefficient (Wildman–Crippen LogP) is 3.08. The molecule has 0 aromatic carbocycles. The van der Waals surface area contributed by atoms with E-state index in [1.807, 2.05) is 0 Å². The van der Waals surface area contributed by atoms with Crippen LogP contribution in [-0.2, 0) is 5.88 Å². The van der Waals surface area contributed by atoms with E-state index in [0.29, 0.717) is 11.1 Å². The third kappa shape index (κ3) is 2.12. The second-order valence-corrected chi connectivity index (χ2v) is 3.05. The highest BCUT2D eigenvalue weighted by Gasteiger charge is 2.17. The summed E-state index contributed by atoms with van der Waals surface area (Å²) in [5.74, 6) is 0.217. The second kappa shape index (κ2) is 4.55. The van der Waals surface area contributed by atoms with Crippen LogP contribution in [0.25, 0.3) is 0 Å². The Morgan fingerprint density at radius 2 is 2.21 bits per heavy atom. The van der Waals surface area contributed by atoms with Gasteiger partial charge in [0.25, 0.3) is 6.43 Å². The lowest BCUT2D eigenvalue weighted by molar-refractivity contribution is 0.144. The van der Waals surface area contributed by atoms with E-state index in [1.54, 1.807) is 13.0 Å². The van der Waals surface area contributed by atoms with Gasteiger partial charge in [-0.05, 0) is 18.1 Å². The summed E-state index contributed by atoms with van der Waals surface area (Å²) in [5, 5.41) is 0. The molecule has 0 N–H and O–H groups in total. The van der Waals surface area contributed by atoms with Crippen molar-refractivity contribution in [1.82, 2.24) is 4.98 Å². The minimum absolute atomic E-state index is 0.0303. The van der Waals surface area contributed by atoms with Crippen molar-refractivity contribution in [2.75, 3.05) is 7.11 Å². The summed E-state index contributed by atoms with van der Waals surface area (Å²) in [6, 6.07) is 1.59. The molecule has 5 heteroatoms. The molecule has 0 fully saturated rings. The van der Waals surface area contributed by atoms with Crippen LogP contribution in [0.4, 0.5) is 8.78 Å². The Labute approximate surface area is 85.9 Å². The van der Waals surface area contributed by atoms with Gasteiger partial charge >= 0.3 is 0 Å². The number of rotatable bonds is 3. The second-order valence-electron chi connectivity index (χ2n) is 2.78. The average molecular weight is 222 g/mol. The van der Waals surface area contributed by atoms with Gasteiger partial charge in [0.05, 0.1) is 7.11 Å². The largest absolute Gasteiger partial charge is 0.481 e. The molecule has 0 spiro atoms. The fourth-order valence-electron chi connectivity index (χ4n) is 1.15. The van der Waals surface area contributed by atoms with Gasteiger partial charge in [0, 0.05) is 11.9 Å². The number of nitrogens with zero attached hydrogens (tertiary/aromatic N) is 1. The molecule has 0 radical (unpaired) electrons. The van der Waals surface area contributed by atoms with E-state index < -0.39 is 6.43 Å². The van der Waals surface area contributed by atoms with Gasteiger partial charge in [-0.1, -0.05) is 0 Å². The summed E-state index contributed by atoms with van der Waals surface area (Å²) in [5.41, 5.74) is 0.751. The van der Waals surface area contributed by atoms with Crippen LogP contribution in [0.15, 0.2) is 6.07 Å². The maximum Gasteiger partial charge on any atom is 0.280 e. The molecule has 0 amide bonds. The number of halogens is 3. The molecule has 0 atom stereocenters. The Morgan fingerprint density at radius 1 is 1.57 bits per heavy atom. The summed E-state index contributed by atoms with van der Waals surface area (Å²) in [4.78, 5) is 3.67. The maximum absolute atomic E-state index is 12.5. The van der Waals surface area contributed by atoms with Crippen LogP contribution >= 0.6 is 11.6 Å². The zero-order valence-electron chi connectivity index (χ0n) is 7.85. The highest BCUT2D eigenvalue weighted by molar-refractivity contribution is 6.17. The van der Waals surface area contributed by atoms with Crippen LogP contribution in [-0.4, -0.2) is 12.1 Å². The first kappa shape index (κ1) is 11.2. The lowest BCUT2D eigenvalue weighted by Gasteiger charge is -2.10. The smallest absolute Gasteiger partial charge is 0.280 e. The zero-order valence-corrected chi connectivity index (χ0v) is 8.61. The Kier molecular flexibility index (Phi) is 3.63. The molecule has 0 aliphatic rings. The molecule has 1 rings (SSSR count). The summed E-state index contributed by atoms with van der Waals surface area (Å²) in [7, 11) is 1.39. The number of aryl methyl sites for hydroxylation is 1. The van der Waals surface area contributed by atoms with E-state index in [0.717, 1.165) is 0 Å². The van der Waals surface area contributed by atoms with Crippen molar-refractivity contribution in [3.63, 3.8) is 0 Å². The van der Waals surface area contributed by atoms with Gasteiger partial charge < -0.3 is 4.74 Å². The van der Waals surface area contributed by atoms with Crippen molar-refractivity contribution in [1.29, 1.82) is 0 Å². The number of alkyl halides is 3. The van der Waals surface area contributed by atoms with Crippen molar-refractivity contribution >= 4 is 11.6 Å². The maximum atomic E-state index is 12.5. The Bertz CT molecular complexity index is 331. The van der Waals surface area contributed by atoms with E-state index in [9.17, 15) is 8.78 Å². The lowest BCUT2D eigenvalue weighted by Crippen LogP contribution is -2.02. The Hall–Kier alpha value is -0.900. The van der Waals surface area contributed by atoms with Crippen LogP contribution in [0.2, 0.25) is 0 Å². The van der Waals surface area contributed by atoms with Gasteiger partial charge in [0.15, 0.2) is 0 Å². The Balaban J connectivity index is 3.28. The highest BCUT2D eigenvalue weighted by Crippen LogP contribution is 2.27. The minimum Gasteiger partial charge on any atom is -0.481 e. The molecular formula is C9H10ClF2NO. The molecule has 2 nitrogen and oxygen atoms in total.